The van der Waals surface area contributed by atoms with Gasteiger partial charge in [-0.3, -0.25) is 28.8 Å². The minimum absolute atomic E-state index is 0.0431. The molecule has 0 amide bonds. The molecule has 708 valence electrons. The van der Waals surface area contributed by atoms with Crippen molar-refractivity contribution in [3.63, 3.8) is 0 Å². The summed E-state index contributed by atoms with van der Waals surface area (Å²) in [5.41, 5.74) is 10.7. The van der Waals surface area contributed by atoms with E-state index in [-0.39, 0.29) is 132 Å². The molecule has 0 radical (unpaired) electrons. The fraction of sp³-hybridized carbons (Fsp3) is 0.264. The first-order valence-electron chi connectivity index (χ1n) is 43.4. The Balaban J connectivity index is 0.000000138. The van der Waals surface area contributed by atoms with Gasteiger partial charge in [-0.2, -0.15) is 0 Å². The van der Waals surface area contributed by atoms with Crippen LogP contribution in [0.15, 0.2) is 218 Å². The number of aromatic hydroxyl groups is 6. The molecule has 0 aromatic heterocycles. The molecule has 6 aliphatic rings. The quantitative estimate of drug-likeness (QED) is 0.0271. The smallest absolute Gasteiger partial charge is 0.312 e. The monoisotopic (exact) mass is 1860 g/mol. The zero-order valence-corrected chi connectivity index (χ0v) is 76.8. The number of carbonyl (C=O) groups is 6. The molecule has 0 saturated heterocycles. The van der Waals surface area contributed by atoms with Crippen LogP contribution in [0.3, 0.4) is 0 Å². The van der Waals surface area contributed by atoms with Crippen LogP contribution in [0, 0.1) is 0 Å². The maximum absolute atomic E-state index is 12.0. The van der Waals surface area contributed by atoms with Gasteiger partial charge < -0.3 is 116 Å². The van der Waals surface area contributed by atoms with Gasteiger partial charge >= 0.3 is 35.8 Å². The maximum Gasteiger partial charge on any atom is 0.312 e. The van der Waals surface area contributed by atoms with Gasteiger partial charge in [-0.15, -0.1) is 0 Å². The van der Waals surface area contributed by atoms with Gasteiger partial charge in [0.05, 0.1) is 123 Å². The molecule has 6 atom stereocenters. The van der Waals surface area contributed by atoms with Crippen LogP contribution in [0.2, 0.25) is 0 Å². The van der Waals surface area contributed by atoms with E-state index in [4.69, 9.17) is 85.3 Å². The predicted octanol–water partition coefficient (Wildman–Crippen LogP) is 18.7. The number of hydrogen-bond donors (Lipinski definition) is 6. The van der Waals surface area contributed by atoms with Gasteiger partial charge in [-0.1, -0.05) is 86.6 Å². The van der Waals surface area contributed by atoms with E-state index in [2.05, 4.69) is 0 Å². The Hall–Kier alpha value is -16.1. The second-order valence-corrected chi connectivity index (χ2v) is 31.7. The molecule has 136 heavy (non-hydrogen) atoms. The zero-order valence-electron chi connectivity index (χ0n) is 76.8. The molecule has 18 rings (SSSR count). The fourth-order valence-electron chi connectivity index (χ4n) is 16.5. The van der Waals surface area contributed by atoms with Crippen LogP contribution in [0.1, 0.15) is 167 Å². The zero-order chi connectivity index (χ0) is 97.0. The normalized spacial score (nSPS) is 16.5. The van der Waals surface area contributed by atoms with E-state index in [1.54, 1.807) is 174 Å². The first kappa shape index (κ1) is 97.4. The average Bonchev–Trinajstić information content (AvgIpc) is 0.766. The summed E-state index contributed by atoms with van der Waals surface area (Å²) >= 11 is 0. The SMILES string of the molecule is CCCOc1ccc2c(c1)OC(=O)C[C@@H]2c1ccc(O)c(OC)c1.CCCOc1ccc2c(c1)OC(=O)C[C@H]2c1ccc(O)c(OC)c1.COc1cc(OC)c2c(c1)OC(=O)C[C@@H]2c1ccc(O)c(OC)c1.COc1cc(OC)c2c(c1)OC(=O)C[C@H]2c1ccc(O)c(OC)c1.COc1ccc2c(c1)OC(=O)C[C@@H]2c1ccc(O)cc1.COc1ccc2c(c1)OC(=O)C[C@H]2c1ccc(O)cc1. The summed E-state index contributed by atoms with van der Waals surface area (Å²) in [6, 6.07) is 63.0. The van der Waals surface area contributed by atoms with Crippen LogP contribution in [-0.4, -0.2) is 151 Å². The molecule has 0 bridgehead atoms. The van der Waals surface area contributed by atoms with Crippen molar-refractivity contribution in [3.8, 4) is 138 Å². The van der Waals surface area contributed by atoms with Gasteiger partial charge in [0.1, 0.15) is 92.0 Å². The third kappa shape index (κ3) is 23.1. The molecule has 0 unspecified atom stereocenters. The number of phenols is 6. The van der Waals surface area contributed by atoms with Crippen LogP contribution < -0.4 is 85.3 Å². The Morgan fingerprint density at radius 1 is 0.235 bits per heavy atom. The lowest BCUT2D eigenvalue weighted by molar-refractivity contribution is -0.136. The predicted molar refractivity (Wildman–Crippen MR) is 497 cm³/mol. The molecular formula is C106H104O30. The van der Waals surface area contributed by atoms with Gasteiger partial charge in [-0.05, 0) is 143 Å². The lowest BCUT2D eigenvalue weighted by Gasteiger charge is -2.27. The van der Waals surface area contributed by atoms with E-state index in [9.17, 15) is 59.4 Å². The van der Waals surface area contributed by atoms with E-state index in [0.717, 1.165) is 79.6 Å². The van der Waals surface area contributed by atoms with E-state index in [1.165, 1.54) is 42.7 Å². The lowest BCUT2D eigenvalue weighted by Crippen LogP contribution is -2.21. The van der Waals surface area contributed by atoms with Crippen molar-refractivity contribution >= 4 is 35.8 Å². The lowest BCUT2D eigenvalue weighted by atomic mass is 9.85. The Labute approximate surface area is 784 Å². The first-order chi connectivity index (χ1) is 65.7. The number of methoxy groups -OCH3 is 10. The number of benzene rings is 12. The number of hydrogen-bond acceptors (Lipinski definition) is 30. The molecule has 0 spiro atoms. The molecule has 6 N–H and O–H groups in total. The summed E-state index contributed by atoms with van der Waals surface area (Å²) in [5.74, 6) is 7.31. The van der Waals surface area contributed by atoms with Crippen molar-refractivity contribution in [1.82, 2.24) is 0 Å². The highest BCUT2D eigenvalue weighted by molar-refractivity contribution is 5.83. The summed E-state index contributed by atoms with van der Waals surface area (Å²) in [6.07, 6.45) is 3.24. The number of fused-ring (bicyclic) bond motifs is 6. The minimum atomic E-state index is -0.338. The summed E-state index contributed by atoms with van der Waals surface area (Å²) in [5, 5.41) is 57.8. The third-order valence-corrected chi connectivity index (χ3v) is 23.2. The maximum atomic E-state index is 12.0. The summed E-state index contributed by atoms with van der Waals surface area (Å²) < 4.78 is 95.6. The topological polar surface area (TPSA) is 390 Å². The largest absolute Gasteiger partial charge is 0.508 e. The molecule has 6 aliphatic heterocycles. The van der Waals surface area contributed by atoms with Crippen LogP contribution in [0.4, 0.5) is 0 Å². The van der Waals surface area contributed by atoms with E-state index < -0.39 is 0 Å². The number of ether oxygens (including phenoxy) is 18. The Morgan fingerprint density at radius 3 is 0.728 bits per heavy atom. The highest BCUT2D eigenvalue weighted by Crippen LogP contribution is 2.52. The number of carbonyl (C=O) groups excluding carboxylic acids is 6. The van der Waals surface area contributed by atoms with Crippen molar-refractivity contribution in [3.05, 3.63) is 285 Å². The molecule has 0 aliphatic carbocycles. The van der Waals surface area contributed by atoms with Crippen molar-refractivity contribution in [1.29, 1.82) is 0 Å². The van der Waals surface area contributed by atoms with Crippen LogP contribution in [0.25, 0.3) is 0 Å². The van der Waals surface area contributed by atoms with Gasteiger partial charge in [0.15, 0.2) is 46.0 Å². The molecule has 12 aromatic carbocycles. The summed E-state index contributed by atoms with van der Waals surface area (Å²) in [4.78, 5) is 71.6. The second-order valence-electron chi connectivity index (χ2n) is 31.7. The Morgan fingerprint density at radius 2 is 0.463 bits per heavy atom. The molecule has 6 heterocycles. The molecule has 0 saturated carbocycles. The van der Waals surface area contributed by atoms with Crippen molar-refractivity contribution in [2.45, 2.75) is 101 Å². The highest BCUT2D eigenvalue weighted by atomic mass is 16.6. The highest BCUT2D eigenvalue weighted by Gasteiger charge is 2.38. The van der Waals surface area contributed by atoms with E-state index in [0.29, 0.717) is 130 Å². The van der Waals surface area contributed by atoms with Gasteiger partial charge in [-0.25, -0.2) is 0 Å². The van der Waals surface area contributed by atoms with Crippen molar-refractivity contribution < 1.29 is 145 Å². The van der Waals surface area contributed by atoms with Crippen LogP contribution in [-0.2, 0) is 28.8 Å². The molecule has 30 nitrogen and oxygen atoms in total. The Bertz CT molecular complexity index is 5940. The van der Waals surface area contributed by atoms with E-state index >= 15 is 0 Å². The molecule has 12 aromatic rings. The first-order valence-corrected chi connectivity index (χ1v) is 43.4. The number of esters is 6. The van der Waals surface area contributed by atoms with Gasteiger partial charge in [0.2, 0.25) is 0 Å². The van der Waals surface area contributed by atoms with Crippen LogP contribution in [0.5, 0.6) is 138 Å². The number of rotatable bonds is 22. The second kappa shape index (κ2) is 44.9. The molecular weight excluding hydrogens is 1750 g/mol. The minimum Gasteiger partial charge on any atom is -0.508 e. The van der Waals surface area contributed by atoms with E-state index in [1.807, 2.05) is 86.6 Å². The van der Waals surface area contributed by atoms with Crippen molar-refractivity contribution in [2.75, 3.05) is 84.3 Å². The third-order valence-electron chi connectivity index (χ3n) is 23.2. The molecule has 0 fully saturated rings. The van der Waals surface area contributed by atoms with Gasteiger partial charge in [0.25, 0.3) is 0 Å². The fourth-order valence-corrected chi connectivity index (χ4v) is 16.5. The van der Waals surface area contributed by atoms with Crippen molar-refractivity contribution in [2.24, 2.45) is 0 Å². The average molecular weight is 1860 g/mol. The van der Waals surface area contributed by atoms with Gasteiger partial charge in [0, 0.05) is 117 Å². The summed E-state index contributed by atoms with van der Waals surface area (Å²) in [7, 11) is 15.3. The summed E-state index contributed by atoms with van der Waals surface area (Å²) in [6.45, 7) is 5.30. The molecule has 30 heteroatoms. The Kier molecular flexibility index (Phi) is 32.1. The standard InChI is InChI=1S/2C19H20O5.2C18H18O6.2C16H14O4/c2*1-3-8-23-13-5-6-14-15(11-19(21)24-17(14)10-13)12-4-7-16(20)18(9-12)22-2;2*1-21-11-7-15(23-3)18-12(9-17(20)24-16(18)8-11)10-4-5-13(19)14(6-10)22-2;2*1-19-12-6-7-13-14(9-16(18)20-15(13)8-12)10-2-4-11(17)5-3-10/h2*4-7,9-10,15,20H,3,8,11H2,1-2H3;2*4-8,12,19H,9H2,1-3H3;2*2-8,14,17H,9H2,1H3/t2*15-;2*12-;2*14-/m101010/s1. The van der Waals surface area contributed by atoms with Crippen LogP contribution >= 0.6 is 0 Å². The number of phenolic OH excluding ortho intramolecular Hbond substituents is 6.